The fraction of sp³-hybridized carbons (Fsp3) is 0.250. The molecule has 0 bridgehead atoms. The first-order valence-electron chi connectivity index (χ1n) is 5.23. The van der Waals surface area contributed by atoms with Crippen LogP contribution in [-0.4, -0.2) is 18.6 Å². The second-order valence-electron chi connectivity index (χ2n) is 3.50. The molecule has 2 aromatic rings. The van der Waals surface area contributed by atoms with Crippen molar-refractivity contribution in [2.45, 2.75) is 6.42 Å². The van der Waals surface area contributed by atoms with Crippen LogP contribution in [0.3, 0.4) is 0 Å². The van der Waals surface area contributed by atoms with Crippen LogP contribution >= 0.6 is 15.9 Å². The molecular formula is C12H13BrN2O2. The Morgan fingerprint density at radius 2 is 2.29 bits per heavy atom. The molecule has 1 aromatic carbocycles. The van der Waals surface area contributed by atoms with E-state index in [0.717, 1.165) is 15.8 Å². The van der Waals surface area contributed by atoms with Crippen LogP contribution in [0.15, 0.2) is 33.3 Å². The summed E-state index contributed by atoms with van der Waals surface area (Å²) in [5.74, 6) is 2.08. The fourth-order valence-corrected chi connectivity index (χ4v) is 1.91. The topological polar surface area (TPSA) is 61.3 Å². The Morgan fingerprint density at radius 1 is 1.47 bits per heavy atom. The van der Waals surface area contributed by atoms with Crippen LogP contribution in [0.25, 0.3) is 11.3 Å². The van der Waals surface area contributed by atoms with E-state index >= 15 is 0 Å². The number of nitrogens with two attached hydrogens (primary N) is 1. The summed E-state index contributed by atoms with van der Waals surface area (Å²) in [6, 6.07) is 5.73. The van der Waals surface area contributed by atoms with Crippen molar-refractivity contribution in [1.82, 2.24) is 4.98 Å². The lowest BCUT2D eigenvalue weighted by Gasteiger charge is -2.05. The molecule has 1 heterocycles. The molecule has 0 atom stereocenters. The quantitative estimate of drug-likeness (QED) is 0.942. The zero-order valence-corrected chi connectivity index (χ0v) is 11.0. The minimum atomic E-state index is 0.523. The Balaban J connectivity index is 2.40. The van der Waals surface area contributed by atoms with Crippen molar-refractivity contribution in [2.24, 2.45) is 5.73 Å². The lowest BCUT2D eigenvalue weighted by Crippen LogP contribution is -2.02. The van der Waals surface area contributed by atoms with Crippen molar-refractivity contribution in [2.75, 3.05) is 13.7 Å². The molecule has 0 unspecified atom stereocenters. The SMILES string of the molecule is COc1ccc(Br)cc1-c1cnc(CCN)o1. The molecule has 90 valence electrons. The first-order chi connectivity index (χ1) is 8.24. The average Bonchev–Trinajstić information content (AvgIpc) is 2.78. The molecule has 1 aromatic heterocycles. The van der Waals surface area contributed by atoms with E-state index < -0.39 is 0 Å². The van der Waals surface area contributed by atoms with Crippen molar-refractivity contribution in [1.29, 1.82) is 0 Å². The number of halogens is 1. The van der Waals surface area contributed by atoms with Gasteiger partial charge >= 0.3 is 0 Å². The maximum atomic E-state index is 5.62. The van der Waals surface area contributed by atoms with Gasteiger partial charge in [0.2, 0.25) is 0 Å². The van der Waals surface area contributed by atoms with Gasteiger partial charge in [-0.3, -0.25) is 0 Å². The largest absolute Gasteiger partial charge is 0.496 e. The summed E-state index contributed by atoms with van der Waals surface area (Å²) in [5.41, 5.74) is 6.33. The normalized spacial score (nSPS) is 10.5. The minimum Gasteiger partial charge on any atom is -0.496 e. The Kier molecular flexibility index (Phi) is 3.81. The zero-order chi connectivity index (χ0) is 12.3. The van der Waals surface area contributed by atoms with E-state index in [4.69, 9.17) is 14.9 Å². The zero-order valence-electron chi connectivity index (χ0n) is 9.44. The van der Waals surface area contributed by atoms with Crippen LogP contribution in [-0.2, 0) is 6.42 Å². The van der Waals surface area contributed by atoms with Gasteiger partial charge < -0.3 is 14.9 Å². The van der Waals surface area contributed by atoms with Crippen molar-refractivity contribution < 1.29 is 9.15 Å². The van der Waals surface area contributed by atoms with E-state index in [2.05, 4.69) is 20.9 Å². The lowest BCUT2D eigenvalue weighted by molar-refractivity contribution is 0.413. The van der Waals surface area contributed by atoms with Crippen LogP contribution in [0.5, 0.6) is 5.75 Å². The van der Waals surface area contributed by atoms with Gasteiger partial charge in [0.1, 0.15) is 5.75 Å². The summed E-state index contributed by atoms with van der Waals surface area (Å²) in [5, 5.41) is 0. The molecule has 0 aliphatic heterocycles. The van der Waals surface area contributed by atoms with Crippen LogP contribution in [0.1, 0.15) is 5.89 Å². The summed E-state index contributed by atoms with van der Waals surface area (Å²) in [7, 11) is 1.63. The molecule has 4 nitrogen and oxygen atoms in total. The molecule has 0 fully saturated rings. The van der Waals surface area contributed by atoms with Crippen molar-refractivity contribution >= 4 is 15.9 Å². The second-order valence-corrected chi connectivity index (χ2v) is 4.42. The number of oxazole rings is 1. The highest BCUT2D eigenvalue weighted by Gasteiger charge is 2.11. The molecule has 2 N–H and O–H groups in total. The molecule has 0 spiro atoms. The summed E-state index contributed by atoms with van der Waals surface area (Å²) in [4.78, 5) is 4.17. The molecule has 0 radical (unpaired) electrons. The Morgan fingerprint density at radius 3 is 3.00 bits per heavy atom. The Bertz CT molecular complexity index is 511. The Hall–Kier alpha value is -1.33. The van der Waals surface area contributed by atoms with E-state index in [-0.39, 0.29) is 0 Å². The Labute approximate surface area is 108 Å². The first-order valence-corrected chi connectivity index (χ1v) is 6.02. The number of nitrogens with zero attached hydrogens (tertiary/aromatic N) is 1. The van der Waals surface area contributed by atoms with Crippen LogP contribution in [0.2, 0.25) is 0 Å². The van der Waals surface area contributed by atoms with Gasteiger partial charge in [0.25, 0.3) is 0 Å². The molecule has 0 saturated heterocycles. The molecule has 0 aliphatic carbocycles. The van der Waals surface area contributed by atoms with Crippen LogP contribution in [0.4, 0.5) is 0 Å². The highest BCUT2D eigenvalue weighted by molar-refractivity contribution is 9.10. The standard InChI is InChI=1S/C12H13BrN2O2/c1-16-10-3-2-8(13)6-9(10)11-7-15-12(17-11)4-5-14/h2-3,6-7H,4-5,14H2,1H3. The van der Waals surface area contributed by atoms with E-state index in [1.165, 1.54) is 0 Å². The number of ether oxygens (including phenoxy) is 1. The van der Waals surface area contributed by atoms with Gasteiger partial charge in [-0.1, -0.05) is 15.9 Å². The summed E-state index contributed by atoms with van der Waals surface area (Å²) in [6.07, 6.45) is 2.33. The predicted octanol–water partition coefficient (Wildman–Crippen LogP) is 2.61. The van der Waals surface area contributed by atoms with Gasteiger partial charge in [-0.15, -0.1) is 0 Å². The van der Waals surface area contributed by atoms with Gasteiger partial charge in [0.05, 0.1) is 18.9 Å². The minimum absolute atomic E-state index is 0.523. The van der Waals surface area contributed by atoms with Crippen molar-refractivity contribution in [3.05, 3.63) is 34.8 Å². The summed E-state index contributed by atoms with van der Waals surface area (Å²) >= 11 is 3.42. The van der Waals surface area contributed by atoms with Gasteiger partial charge in [0.15, 0.2) is 11.7 Å². The average molecular weight is 297 g/mol. The van der Waals surface area contributed by atoms with Gasteiger partial charge in [-0.05, 0) is 18.2 Å². The number of rotatable bonds is 4. The molecule has 5 heteroatoms. The predicted molar refractivity (Wildman–Crippen MR) is 68.9 cm³/mol. The first kappa shape index (κ1) is 12.1. The fourth-order valence-electron chi connectivity index (χ4n) is 1.55. The van der Waals surface area contributed by atoms with Gasteiger partial charge in [-0.2, -0.15) is 0 Å². The van der Waals surface area contributed by atoms with E-state index in [9.17, 15) is 0 Å². The monoisotopic (exact) mass is 296 g/mol. The van der Waals surface area contributed by atoms with E-state index in [0.29, 0.717) is 24.6 Å². The molecular weight excluding hydrogens is 284 g/mol. The van der Waals surface area contributed by atoms with Gasteiger partial charge in [-0.25, -0.2) is 4.98 Å². The van der Waals surface area contributed by atoms with Crippen LogP contribution in [0, 0.1) is 0 Å². The number of methoxy groups -OCH3 is 1. The van der Waals surface area contributed by atoms with Crippen molar-refractivity contribution in [3.63, 3.8) is 0 Å². The molecule has 0 aliphatic rings. The smallest absolute Gasteiger partial charge is 0.196 e. The lowest BCUT2D eigenvalue weighted by atomic mass is 10.1. The number of hydrogen-bond acceptors (Lipinski definition) is 4. The maximum Gasteiger partial charge on any atom is 0.196 e. The molecule has 17 heavy (non-hydrogen) atoms. The molecule has 0 saturated carbocycles. The van der Waals surface area contributed by atoms with Crippen LogP contribution < -0.4 is 10.5 Å². The number of aromatic nitrogens is 1. The highest BCUT2D eigenvalue weighted by Crippen LogP contribution is 2.32. The summed E-state index contributed by atoms with van der Waals surface area (Å²) < 4.78 is 11.9. The second kappa shape index (κ2) is 5.33. The number of hydrogen-bond donors (Lipinski definition) is 1. The third kappa shape index (κ3) is 2.68. The highest BCUT2D eigenvalue weighted by atomic mass is 79.9. The molecule has 2 rings (SSSR count). The molecule has 0 amide bonds. The van der Waals surface area contributed by atoms with E-state index in [1.807, 2.05) is 18.2 Å². The van der Waals surface area contributed by atoms with Crippen molar-refractivity contribution in [3.8, 4) is 17.1 Å². The third-order valence-corrected chi connectivity index (χ3v) is 2.83. The maximum absolute atomic E-state index is 5.62. The number of benzene rings is 1. The summed E-state index contributed by atoms with van der Waals surface area (Å²) in [6.45, 7) is 0.523. The van der Waals surface area contributed by atoms with E-state index in [1.54, 1.807) is 13.3 Å². The third-order valence-electron chi connectivity index (χ3n) is 2.34. The van der Waals surface area contributed by atoms with Gasteiger partial charge in [0, 0.05) is 17.4 Å².